The zero-order valence-electron chi connectivity index (χ0n) is 6.43. The third kappa shape index (κ3) is 2.59. The molecular formula is C4H10N4O2PY-. The number of hydrogen-bond donors (Lipinski definition) is 2. The molecule has 0 aromatic heterocycles. The third-order valence-electron chi connectivity index (χ3n) is 1.56. The first-order chi connectivity index (χ1) is 4.93. The molecule has 12 heavy (non-hydrogen) atoms. The van der Waals surface area contributed by atoms with Gasteiger partial charge in [0.15, 0.2) is 0 Å². The van der Waals surface area contributed by atoms with Crippen molar-refractivity contribution in [3.05, 3.63) is 5.73 Å². The van der Waals surface area contributed by atoms with Crippen LogP contribution in [0.4, 0.5) is 0 Å². The maximum absolute atomic E-state index is 11.0. The van der Waals surface area contributed by atoms with Crippen LogP contribution in [0.25, 0.3) is 5.73 Å². The summed E-state index contributed by atoms with van der Waals surface area (Å²) in [4.78, 5) is 11.0. The molecule has 1 aliphatic rings. The SMILES string of the molecule is [NH-]C1CCN(P(N)(N)=O)C1=O.[Y]. The van der Waals surface area contributed by atoms with Gasteiger partial charge in [0.25, 0.3) is 0 Å². The molecule has 1 heterocycles. The van der Waals surface area contributed by atoms with Crippen molar-refractivity contribution in [1.82, 2.24) is 4.67 Å². The summed E-state index contributed by atoms with van der Waals surface area (Å²) in [6.07, 6.45) is 0.358. The minimum absolute atomic E-state index is 0. The molecular weight excluding hydrogens is 256 g/mol. The van der Waals surface area contributed by atoms with Gasteiger partial charge in [-0.15, -0.1) is 0 Å². The molecule has 0 bridgehead atoms. The van der Waals surface area contributed by atoms with Crippen LogP contribution in [0.2, 0.25) is 0 Å². The summed E-state index contributed by atoms with van der Waals surface area (Å²) in [6.45, 7) is 0.233. The van der Waals surface area contributed by atoms with Crippen molar-refractivity contribution in [3.63, 3.8) is 0 Å². The minimum atomic E-state index is -3.44. The van der Waals surface area contributed by atoms with E-state index in [1.54, 1.807) is 0 Å². The molecule has 5 N–H and O–H groups in total. The van der Waals surface area contributed by atoms with Gasteiger partial charge in [-0.25, -0.2) is 0 Å². The fourth-order valence-corrected chi connectivity index (χ4v) is 1.85. The number of hydrogen-bond acceptors (Lipinski definition) is 2. The summed E-state index contributed by atoms with van der Waals surface area (Å²) in [5.74, 6) is -0.529. The Balaban J connectivity index is 0.00000121. The van der Waals surface area contributed by atoms with Crippen LogP contribution in [0.15, 0.2) is 0 Å². The van der Waals surface area contributed by atoms with Crippen LogP contribution in [-0.2, 0) is 42.1 Å². The van der Waals surface area contributed by atoms with Crippen LogP contribution in [-0.4, -0.2) is 23.2 Å². The average Bonchev–Trinajstić information content (AvgIpc) is 2.11. The Hall–Kier alpha value is 0.684. The van der Waals surface area contributed by atoms with Gasteiger partial charge in [-0.3, -0.25) is 25.0 Å². The Bertz CT molecular complexity index is 229. The van der Waals surface area contributed by atoms with Gasteiger partial charge in [-0.1, -0.05) is 6.04 Å². The summed E-state index contributed by atoms with van der Waals surface area (Å²) in [7, 11) is -3.44. The van der Waals surface area contributed by atoms with Crippen molar-refractivity contribution in [2.24, 2.45) is 11.0 Å². The quantitative estimate of drug-likeness (QED) is 0.632. The second-order valence-corrected chi connectivity index (χ2v) is 4.30. The molecule has 8 heteroatoms. The molecule has 1 atom stereocenters. The molecule has 1 unspecified atom stereocenters. The molecule has 1 aliphatic heterocycles. The zero-order valence-corrected chi connectivity index (χ0v) is 10.2. The van der Waals surface area contributed by atoms with E-state index in [2.05, 4.69) is 0 Å². The second-order valence-electron chi connectivity index (χ2n) is 2.48. The third-order valence-corrected chi connectivity index (χ3v) is 2.71. The maximum Gasteiger partial charge on any atom is 0.302 e. The summed E-state index contributed by atoms with van der Waals surface area (Å²) < 4.78 is 11.8. The van der Waals surface area contributed by atoms with E-state index >= 15 is 0 Å². The van der Waals surface area contributed by atoms with E-state index in [1.807, 2.05) is 0 Å². The first kappa shape index (κ1) is 12.7. The number of nitrogens with zero attached hydrogens (tertiary/aromatic N) is 1. The predicted molar refractivity (Wildman–Crippen MR) is 40.4 cm³/mol. The Morgan fingerprint density at radius 1 is 1.58 bits per heavy atom. The Labute approximate surface area is 95.6 Å². The molecule has 1 fully saturated rings. The molecule has 1 amide bonds. The van der Waals surface area contributed by atoms with Crippen molar-refractivity contribution in [2.75, 3.05) is 6.54 Å². The van der Waals surface area contributed by atoms with Crippen LogP contribution in [0, 0.1) is 0 Å². The fourth-order valence-electron chi connectivity index (χ4n) is 0.975. The standard InChI is InChI=1S/C4H10N4O2P.Y/c5-3-1-2-8(4(3)9)11(6,7)10;/h3,5H,1-2H2,(H4,6,7,10);/q-1;. The number of carbonyl (C=O) groups is 1. The number of nitrogens with one attached hydrogen (secondary N) is 1. The molecule has 1 saturated heterocycles. The fraction of sp³-hybridized carbons (Fsp3) is 0.750. The number of amides is 1. The van der Waals surface area contributed by atoms with E-state index in [4.69, 9.17) is 16.7 Å². The molecule has 0 saturated carbocycles. The van der Waals surface area contributed by atoms with Crippen LogP contribution < -0.4 is 11.0 Å². The van der Waals surface area contributed by atoms with E-state index in [0.717, 1.165) is 4.67 Å². The number of nitrogens with two attached hydrogens (primary N) is 2. The molecule has 0 spiro atoms. The Morgan fingerprint density at radius 3 is 2.25 bits per heavy atom. The van der Waals surface area contributed by atoms with Crippen molar-refractivity contribution in [3.8, 4) is 0 Å². The summed E-state index contributed by atoms with van der Waals surface area (Å²) in [5, 5.41) is 0. The molecule has 67 valence electrons. The van der Waals surface area contributed by atoms with Gasteiger partial charge in [-0.05, 0) is 6.42 Å². The van der Waals surface area contributed by atoms with Gasteiger partial charge in [0.05, 0.1) is 0 Å². The first-order valence-electron chi connectivity index (χ1n) is 3.13. The molecule has 0 aliphatic carbocycles. The summed E-state index contributed by atoms with van der Waals surface area (Å²) in [5.41, 5.74) is 17.2. The molecule has 1 rings (SSSR count). The molecule has 0 aromatic carbocycles. The van der Waals surface area contributed by atoms with Gasteiger partial charge in [0.2, 0.25) is 5.91 Å². The van der Waals surface area contributed by atoms with Crippen molar-refractivity contribution < 1.29 is 42.1 Å². The van der Waals surface area contributed by atoms with Gasteiger partial charge in [0.1, 0.15) is 0 Å². The molecule has 6 nitrogen and oxygen atoms in total. The zero-order chi connectivity index (χ0) is 8.65. The average molecular weight is 266 g/mol. The monoisotopic (exact) mass is 266 g/mol. The maximum atomic E-state index is 11.0. The summed E-state index contributed by atoms with van der Waals surface area (Å²) >= 11 is 0. The van der Waals surface area contributed by atoms with Crippen molar-refractivity contribution in [1.29, 1.82) is 0 Å². The van der Waals surface area contributed by atoms with Crippen LogP contribution >= 0.6 is 7.59 Å². The van der Waals surface area contributed by atoms with Crippen LogP contribution in [0.1, 0.15) is 6.42 Å². The Morgan fingerprint density at radius 2 is 2.08 bits per heavy atom. The van der Waals surface area contributed by atoms with Crippen molar-refractivity contribution >= 4 is 13.5 Å². The minimum Gasteiger partial charge on any atom is -0.667 e. The van der Waals surface area contributed by atoms with Crippen LogP contribution in [0.3, 0.4) is 0 Å². The first-order valence-corrected chi connectivity index (χ1v) is 4.93. The molecule has 0 aromatic rings. The number of carbonyl (C=O) groups excluding carboxylic acids is 1. The van der Waals surface area contributed by atoms with E-state index in [1.165, 1.54) is 0 Å². The smallest absolute Gasteiger partial charge is 0.302 e. The summed E-state index contributed by atoms with van der Waals surface area (Å²) in [6, 6.07) is -0.838. The largest absolute Gasteiger partial charge is 0.667 e. The van der Waals surface area contributed by atoms with E-state index in [0.29, 0.717) is 6.42 Å². The van der Waals surface area contributed by atoms with Gasteiger partial charge < -0.3 is 5.73 Å². The van der Waals surface area contributed by atoms with E-state index < -0.39 is 19.5 Å². The molecule has 1 radical (unpaired) electrons. The predicted octanol–water partition coefficient (Wildman–Crippen LogP) is -0.338. The van der Waals surface area contributed by atoms with E-state index in [9.17, 15) is 9.36 Å². The van der Waals surface area contributed by atoms with Crippen molar-refractivity contribution in [2.45, 2.75) is 12.5 Å². The normalized spacial score (nSPS) is 24.1. The van der Waals surface area contributed by atoms with Gasteiger partial charge in [0, 0.05) is 39.3 Å². The van der Waals surface area contributed by atoms with Gasteiger partial charge in [-0.2, -0.15) is 0 Å². The second kappa shape index (κ2) is 4.26. The van der Waals surface area contributed by atoms with Gasteiger partial charge >= 0.3 is 7.59 Å². The number of rotatable bonds is 1. The van der Waals surface area contributed by atoms with Crippen LogP contribution in [0.5, 0.6) is 0 Å². The topological polar surface area (TPSA) is 113 Å². The van der Waals surface area contributed by atoms with E-state index in [-0.39, 0.29) is 39.3 Å². The Kier molecular flexibility index (Phi) is 4.51.